The van der Waals surface area contributed by atoms with Gasteiger partial charge in [-0.05, 0) is 24.1 Å². The number of nitrogens with two attached hydrogens (primary N) is 2. The van der Waals surface area contributed by atoms with Gasteiger partial charge < -0.3 is 16.4 Å². The Bertz CT molecular complexity index is 436. The van der Waals surface area contributed by atoms with E-state index in [0.717, 1.165) is 28.7 Å². The van der Waals surface area contributed by atoms with Gasteiger partial charge in [0.1, 0.15) is 0 Å². The van der Waals surface area contributed by atoms with E-state index >= 15 is 0 Å². The average Bonchev–Trinajstić information content (AvgIpc) is 2.78. The van der Waals surface area contributed by atoms with Gasteiger partial charge in [-0.1, -0.05) is 22.0 Å². The van der Waals surface area contributed by atoms with Crippen molar-refractivity contribution < 1.29 is 4.79 Å². The Morgan fingerprint density at radius 2 is 2.29 bits per heavy atom. The van der Waals surface area contributed by atoms with Crippen molar-refractivity contribution in [2.75, 3.05) is 18.0 Å². The number of benzene rings is 1. The van der Waals surface area contributed by atoms with Crippen molar-refractivity contribution in [3.05, 3.63) is 28.2 Å². The lowest BCUT2D eigenvalue weighted by Crippen LogP contribution is -2.27. The molecule has 1 heterocycles. The van der Waals surface area contributed by atoms with E-state index in [2.05, 4.69) is 20.8 Å². The third-order valence-electron chi connectivity index (χ3n) is 3.21. The second-order valence-corrected chi connectivity index (χ2v) is 5.17. The number of carbonyl (C=O) groups is 1. The molecule has 1 aliphatic heterocycles. The number of carbonyl (C=O) groups excluding carboxylic acids is 1. The van der Waals surface area contributed by atoms with Crippen molar-refractivity contribution in [3.8, 4) is 0 Å². The van der Waals surface area contributed by atoms with Crippen molar-refractivity contribution >= 4 is 27.5 Å². The summed E-state index contributed by atoms with van der Waals surface area (Å²) in [6.07, 6.45) is 0.839. The summed E-state index contributed by atoms with van der Waals surface area (Å²) in [7, 11) is 0. The zero-order valence-corrected chi connectivity index (χ0v) is 11.1. The van der Waals surface area contributed by atoms with E-state index in [4.69, 9.17) is 11.5 Å². The zero-order valence-electron chi connectivity index (χ0n) is 9.53. The zero-order chi connectivity index (χ0) is 12.4. The van der Waals surface area contributed by atoms with E-state index in [1.165, 1.54) is 0 Å². The Morgan fingerprint density at radius 1 is 1.53 bits per heavy atom. The fourth-order valence-electron chi connectivity index (χ4n) is 2.13. The van der Waals surface area contributed by atoms with Gasteiger partial charge in [-0.2, -0.15) is 0 Å². The highest BCUT2D eigenvalue weighted by Crippen LogP contribution is 2.28. The van der Waals surface area contributed by atoms with Gasteiger partial charge in [-0.3, -0.25) is 4.79 Å². The van der Waals surface area contributed by atoms with Crippen LogP contribution in [0.1, 0.15) is 12.0 Å². The van der Waals surface area contributed by atoms with E-state index in [1.54, 1.807) is 0 Å². The monoisotopic (exact) mass is 297 g/mol. The second kappa shape index (κ2) is 5.06. The number of anilines is 1. The predicted octanol–water partition coefficient (Wildman–Crippen LogP) is 1.22. The molecular formula is C12H16BrN3O. The van der Waals surface area contributed by atoms with Crippen LogP contribution in [0.5, 0.6) is 0 Å². The van der Waals surface area contributed by atoms with Crippen LogP contribution in [0.15, 0.2) is 22.7 Å². The van der Waals surface area contributed by atoms with Gasteiger partial charge in [0.15, 0.2) is 0 Å². The first-order valence-corrected chi connectivity index (χ1v) is 6.44. The van der Waals surface area contributed by atoms with E-state index < -0.39 is 0 Å². The molecule has 0 aromatic heterocycles. The Kier molecular flexibility index (Phi) is 3.69. The van der Waals surface area contributed by atoms with Gasteiger partial charge >= 0.3 is 0 Å². The number of rotatable bonds is 3. The van der Waals surface area contributed by atoms with Gasteiger partial charge in [0.2, 0.25) is 5.91 Å². The molecule has 1 atom stereocenters. The molecule has 0 bridgehead atoms. The van der Waals surface area contributed by atoms with Crippen LogP contribution in [0.3, 0.4) is 0 Å². The highest BCUT2D eigenvalue weighted by atomic mass is 79.9. The average molecular weight is 298 g/mol. The molecule has 92 valence electrons. The lowest BCUT2D eigenvalue weighted by atomic mass is 10.1. The standard InChI is InChI=1S/C12H16BrN3O/c13-11-5-10(2-1-8(11)6-14)16-4-3-9(7-16)12(15)17/h1-2,5,9H,3-4,6-7,14H2,(H2,15,17). The SMILES string of the molecule is NCc1ccc(N2CCC(C(N)=O)C2)cc1Br. The van der Waals surface area contributed by atoms with Crippen molar-refractivity contribution in [1.29, 1.82) is 0 Å². The smallest absolute Gasteiger partial charge is 0.222 e. The molecule has 1 aromatic rings. The summed E-state index contributed by atoms with van der Waals surface area (Å²) in [6, 6.07) is 6.10. The van der Waals surface area contributed by atoms with Crippen LogP contribution in [0, 0.1) is 5.92 Å². The first-order valence-electron chi connectivity index (χ1n) is 5.64. The van der Waals surface area contributed by atoms with Gasteiger partial charge in [-0.25, -0.2) is 0 Å². The normalized spacial score (nSPS) is 19.6. The minimum absolute atomic E-state index is 0.0250. The number of amides is 1. The van der Waals surface area contributed by atoms with Crippen molar-refractivity contribution in [2.24, 2.45) is 17.4 Å². The molecule has 2 rings (SSSR count). The van der Waals surface area contributed by atoms with Crippen LogP contribution in [0.2, 0.25) is 0 Å². The fourth-order valence-corrected chi connectivity index (χ4v) is 2.65. The number of halogens is 1. The molecule has 0 spiro atoms. The fraction of sp³-hybridized carbons (Fsp3) is 0.417. The minimum Gasteiger partial charge on any atom is -0.371 e. The molecule has 1 aromatic carbocycles. The van der Waals surface area contributed by atoms with Crippen LogP contribution < -0.4 is 16.4 Å². The summed E-state index contributed by atoms with van der Waals surface area (Å²) in [4.78, 5) is 13.3. The largest absolute Gasteiger partial charge is 0.371 e. The van der Waals surface area contributed by atoms with Gasteiger partial charge in [0.05, 0.1) is 5.92 Å². The Labute approximate surface area is 109 Å². The summed E-state index contributed by atoms with van der Waals surface area (Å²) in [5, 5.41) is 0. The minimum atomic E-state index is -0.204. The molecule has 1 unspecified atom stereocenters. The van der Waals surface area contributed by atoms with Crippen LogP contribution in [-0.2, 0) is 11.3 Å². The van der Waals surface area contributed by atoms with E-state index in [-0.39, 0.29) is 11.8 Å². The predicted molar refractivity (Wildman–Crippen MR) is 71.5 cm³/mol. The molecule has 4 nitrogen and oxygen atoms in total. The van der Waals surface area contributed by atoms with E-state index in [0.29, 0.717) is 13.1 Å². The maximum absolute atomic E-state index is 11.1. The first kappa shape index (κ1) is 12.4. The second-order valence-electron chi connectivity index (χ2n) is 4.31. The summed E-state index contributed by atoms with van der Waals surface area (Å²) < 4.78 is 1.01. The molecule has 1 saturated heterocycles. The van der Waals surface area contributed by atoms with Crippen molar-refractivity contribution in [3.63, 3.8) is 0 Å². The molecule has 0 radical (unpaired) electrons. The highest BCUT2D eigenvalue weighted by molar-refractivity contribution is 9.10. The number of nitrogens with zero attached hydrogens (tertiary/aromatic N) is 1. The molecule has 5 heteroatoms. The van der Waals surface area contributed by atoms with Crippen LogP contribution in [-0.4, -0.2) is 19.0 Å². The van der Waals surface area contributed by atoms with Crippen LogP contribution >= 0.6 is 15.9 Å². The lowest BCUT2D eigenvalue weighted by Gasteiger charge is -2.19. The summed E-state index contributed by atoms with van der Waals surface area (Å²) in [5.74, 6) is -0.229. The Balaban J connectivity index is 2.14. The number of hydrogen-bond acceptors (Lipinski definition) is 3. The number of hydrogen-bond donors (Lipinski definition) is 2. The molecule has 4 N–H and O–H groups in total. The molecular weight excluding hydrogens is 282 g/mol. The quantitative estimate of drug-likeness (QED) is 0.881. The van der Waals surface area contributed by atoms with Gasteiger partial charge in [-0.15, -0.1) is 0 Å². The van der Waals surface area contributed by atoms with Crippen LogP contribution in [0.4, 0.5) is 5.69 Å². The molecule has 1 fully saturated rings. The first-order chi connectivity index (χ1) is 8.11. The lowest BCUT2D eigenvalue weighted by molar-refractivity contribution is -0.121. The van der Waals surface area contributed by atoms with E-state index in [1.807, 2.05) is 18.2 Å². The van der Waals surface area contributed by atoms with Crippen molar-refractivity contribution in [1.82, 2.24) is 0 Å². The molecule has 0 aliphatic carbocycles. The maximum atomic E-state index is 11.1. The molecule has 1 aliphatic rings. The molecule has 1 amide bonds. The summed E-state index contributed by atoms with van der Waals surface area (Å²) in [6.45, 7) is 2.11. The Hall–Kier alpha value is -1.07. The van der Waals surface area contributed by atoms with Crippen molar-refractivity contribution in [2.45, 2.75) is 13.0 Å². The van der Waals surface area contributed by atoms with Crippen LogP contribution in [0.25, 0.3) is 0 Å². The summed E-state index contributed by atoms with van der Waals surface area (Å²) >= 11 is 3.50. The third-order valence-corrected chi connectivity index (χ3v) is 3.95. The molecule has 17 heavy (non-hydrogen) atoms. The number of primary amides is 1. The Morgan fingerprint density at radius 3 is 2.82 bits per heavy atom. The topological polar surface area (TPSA) is 72.3 Å². The third kappa shape index (κ3) is 2.61. The summed E-state index contributed by atoms with van der Waals surface area (Å²) in [5.41, 5.74) is 13.1. The maximum Gasteiger partial charge on any atom is 0.222 e. The van der Waals surface area contributed by atoms with Gasteiger partial charge in [0.25, 0.3) is 0 Å². The van der Waals surface area contributed by atoms with Gasteiger partial charge in [0, 0.05) is 29.8 Å². The highest BCUT2D eigenvalue weighted by Gasteiger charge is 2.26. The van der Waals surface area contributed by atoms with E-state index in [9.17, 15) is 4.79 Å². The molecule has 0 saturated carbocycles.